The maximum absolute atomic E-state index is 5.85. The van der Waals surface area contributed by atoms with Crippen LogP contribution in [0.15, 0.2) is 28.8 Å². The van der Waals surface area contributed by atoms with Crippen LogP contribution in [0, 0.1) is 6.92 Å². The molecule has 19 heavy (non-hydrogen) atoms. The van der Waals surface area contributed by atoms with Crippen LogP contribution in [0.2, 0.25) is 0 Å². The topological polar surface area (TPSA) is 60.2 Å². The van der Waals surface area contributed by atoms with Gasteiger partial charge in [-0.05, 0) is 11.6 Å². The molecular weight excluding hydrogens is 242 g/mol. The molecule has 3 rings (SSSR count). The Labute approximate surface area is 112 Å². The van der Waals surface area contributed by atoms with Crippen molar-refractivity contribution >= 4 is 0 Å². The van der Waals surface area contributed by atoms with Gasteiger partial charge in [0.2, 0.25) is 5.89 Å². The second kappa shape index (κ2) is 5.40. The van der Waals surface area contributed by atoms with Gasteiger partial charge in [0.05, 0.1) is 0 Å². The van der Waals surface area contributed by atoms with Crippen molar-refractivity contribution < 1.29 is 9.26 Å². The van der Waals surface area contributed by atoms with Crippen molar-refractivity contribution in [3.63, 3.8) is 0 Å². The second-order valence-corrected chi connectivity index (χ2v) is 4.74. The van der Waals surface area contributed by atoms with E-state index in [-0.39, 0.29) is 6.10 Å². The summed E-state index contributed by atoms with van der Waals surface area (Å²) in [5.41, 5.74) is 1.29. The van der Waals surface area contributed by atoms with Crippen LogP contribution in [0.25, 0.3) is 0 Å². The summed E-state index contributed by atoms with van der Waals surface area (Å²) >= 11 is 0. The Morgan fingerprint density at radius 3 is 3.05 bits per heavy atom. The van der Waals surface area contributed by atoms with Crippen molar-refractivity contribution in [2.45, 2.75) is 25.9 Å². The number of nitrogens with zero attached hydrogens (tertiary/aromatic N) is 2. The third-order valence-electron chi connectivity index (χ3n) is 3.18. The van der Waals surface area contributed by atoms with Gasteiger partial charge in [-0.1, -0.05) is 23.4 Å². The van der Waals surface area contributed by atoms with Crippen molar-refractivity contribution in [2.24, 2.45) is 0 Å². The molecule has 5 heteroatoms. The Bertz CT molecular complexity index is 528. The Morgan fingerprint density at radius 2 is 2.26 bits per heavy atom. The summed E-state index contributed by atoms with van der Waals surface area (Å²) in [5, 5.41) is 7.23. The maximum Gasteiger partial charge on any atom is 0.223 e. The van der Waals surface area contributed by atoms with E-state index in [2.05, 4.69) is 27.6 Å². The second-order valence-electron chi connectivity index (χ2n) is 4.74. The van der Waals surface area contributed by atoms with Gasteiger partial charge in [-0.2, -0.15) is 4.98 Å². The molecule has 0 fully saturated rings. The van der Waals surface area contributed by atoms with Gasteiger partial charge in [0.15, 0.2) is 5.82 Å². The molecule has 1 aliphatic rings. The molecule has 0 aliphatic carbocycles. The summed E-state index contributed by atoms with van der Waals surface area (Å²) in [6.45, 7) is 3.47. The summed E-state index contributed by atoms with van der Waals surface area (Å²) in [5.74, 6) is 2.38. The molecule has 1 aliphatic heterocycles. The van der Waals surface area contributed by atoms with E-state index < -0.39 is 0 Å². The van der Waals surface area contributed by atoms with Gasteiger partial charge < -0.3 is 14.6 Å². The van der Waals surface area contributed by atoms with Crippen molar-refractivity contribution in [2.75, 3.05) is 13.1 Å². The number of benzene rings is 1. The zero-order valence-electron chi connectivity index (χ0n) is 10.9. The third kappa shape index (κ3) is 2.93. The van der Waals surface area contributed by atoms with Crippen LogP contribution in [0.4, 0.5) is 0 Å². The monoisotopic (exact) mass is 259 g/mol. The molecule has 0 saturated carbocycles. The molecule has 0 saturated heterocycles. The first-order valence-corrected chi connectivity index (χ1v) is 6.56. The summed E-state index contributed by atoms with van der Waals surface area (Å²) in [6, 6.07) is 8.21. The fourth-order valence-electron chi connectivity index (χ4n) is 2.27. The minimum Gasteiger partial charge on any atom is -0.488 e. The number of nitrogens with one attached hydrogen (secondary N) is 1. The molecule has 2 aromatic rings. The zero-order valence-corrected chi connectivity index (χ0v) is 10.9. The number of ether oxygens (including phenoxy) is 1. The number of rotatable bonds is 5. The van der Waals surface area contributed by atoms with Gasteiger partial charge in [0, 0.05) is 32.9 Å². The van der Waals surface area contributed by atoms with Crippen LogP contribution in [0.3, 0.4) is 0 Å². The lowest BCUT2D eigenvalue weighted by Gasteiger charge is -2.11. The van der Waals surface area contributed by atoms with Gasteiger partial charge >= 0.3 is 0 Å². The molecule has 5 nitrogen and oxygen atoms in total. The van der Waals surface area contributed by atoms with Gasteiger partial charge in [-0.3, -0.25) is 0 Å². The molecular formula is C14H17N3O2. The first-order valence-electron chi connectivity index (χ1n) is 6.56. The smallest absolute Gasteiger partial charge is 0.223 e. The molecule has 2 heterocycles. The molecule has 0 spiro atoms. The molecule has 0 bridgehead atoms. The molecule has 1 aromatic heterocycles. The number of aromatic nitrogens is 2. The van der Waals surface area contributed by atoms with Crippen LogP contribution in [0.1, 0.15) is 17.3 Å². The third-order valence-corrected chi connectivity index (χ3v) is 3.18. The molecule has 0 radical (unpaired) electrons. The fraction of sp³-hybridized carbons (Fsp3) is 0.429. The number of para-hydroxylation sites is 1. The summed E-state index contributed by atoms with van der Waals surface area (Å²) in [6.07, 6.45) is 1.98. The number of aryl methyl sites for hydroxylation is 1. The normalized spacial score (nSPS) is 17.2. The van der Waals surface area contributed by atoms with E-state index in [1.807, 2.05) is 12.1 Å². The van der Waals surface area contributed by atoms with Crippen molar-refractivity contribution in [1.82, 2.24) is 15.5 Å². The van der Waals surface area contributed by atoms with Gasteiger partial charge in [-0.15, -0.1) is 0 Å². The summed E-state index contributed by atoms with van der Waals surface area (Å²) in [7, 11) is 0. The highest BCUT2D eigenvalue weighted by atomic mass is 16.5. The average Bonchev–Trinajstić information content (AvgIpc) is 3.00. The number of hydrogen-bond donors (Lipinski definition) is 1. The maximum atomic E-state index is 5.85. The van der Waals surface area contributed by atoms with Crippen LogP contribution < -0.4 is 10.1 Å². The summed E-state index contributed by atoms with van der Waals surface area (Å²) < 4.78 is 10.8. The Morgan fingerprint density at radius 1 is 1.37 bits per heavy atom. The first kappa shape index (κ1) is 12.2. The first-order chi connectivity index (χ1) is 9.31. The highest BCUT2D eigenvalue weighted by Gasteiger charge is 2.21. The minimum absolute atomic E-state index is 0.226. The molecule has 1 atom stereocenters. The molecule has 1 N–H and O–H groups in total. The van der Waals surface area contributed by atoms with E-state index in [0.29, 0.717) is 5.89 Å². The van der Waals surface area contributed by atoms with Gasteiger partial charge in [0.25, 0.3) is 0 Å². The predicted octanol–water partition coefficient (Wildman–Crippen LogP) is 1.51. The molecule has 0 amide bonds. The minimum atomic E-state index is 0.226. The van der Waals surface area contributed by atoms with Crippen molar-refractivity contribution in [1.29, 1.82) is 0 Å². The van der Waals surface area contributed by atoms with E-state index >= 15 is 0 Å². The van der Waals surface area contributed by atoms with Crippen LogP contribution >= 0.6 is 0 Å². The van der Waals surface area contributed by atoms with Crippen molar-refractivity contribution in [3.05, 3.63) is 41.5 Å². The molecule has 100 valence electrons. The lowest BCUT2D eigenvalue weighted by Crippen LogP contribution is -2.31. The van der Waals surface area contributed by atoms with Crippen LogP contribution in [-0.2, 0) is 12.8 Å². The Hall–Kier alpha value is -1.88. The predicted molar refractivity (Wildman–Crippen MR) is 70.2 cm³/mol. The highest BCUT2D eigenvalue weighted by Crippen LogP contribution is 2.27. The van der Waals surface area contributed by atoms with E-state index in [9.17, 15) is 0 Å². The van der Waals surface area contributed by atoms with Gasteiger partial charge in [0.1, 0.15) is 11.9 Å². The quantitative estimate of drug-likeness (QED) is 0.825. The molecule has 1 aromatic carbocycles. The van der Waals surface area contributed by atoms with E-state index in [1.54, 1.807) is 6.92 Å². The van der Waals surface area contributed by atoms with Gasteiger partial charge in [-0.25, -0.2) is 0 Å². The Balaban J connectivity index is 1.40. The highest BCUT2D eigenvalue weighted by molar-refractivity contribution is 5.37. The van der Waals surface area contributed by atoms with E-state index in [1.165, 1.54) is 5.56 Å². The average molecular weight is 259 g/mol. The van der Waals surface area contributed by atoms with E-state index in [4.69, 9.17) is 9.26 Å². The number of hydrogen-bond acceptors (Lipinski definition) is 5. The lowest BCUT2D eigenvalue weighted by molar-refractivity contribution is 0.228. The number of fused-ring (bicyclic) bond motifs is 1. The van der Waals surface area contributed by atoms with E-state index in [0.717, 1.165) is 37.5 Å². The molecule has 1 unspecified atom stereocenters. The Kier molecular flexibility index (Phi) is 3.46. The summed E-state index contributed by atoms with van der Waals surface area (Å²) in [4.78, 5) is 4.16. The fourth-order valence-corrected chi connectivity index (χ4v) is 2.27. The van der Waals surface area contributed by atoms with Crippen LogP contribution in [0.5, 0.6) is 5.75 Å². The standard InChI is InChI=1S/C14H17N3O2/c1-10-16-14(17-19-10)6-7-15-9-12-8-11-4-2-3-5-13(11)18-12/h2-5,12,15H,6-9H2,1H3. The SMILES string of the molecule is Cc1nc(CCNCC2Cc3ccccc3O2)no1. The van der Waals surface area contributed by atoms with Crippen molar-refractivity contribution in [3.8, 4) is 5.75 Å². The lowest BCUT2D eigenvalue weighted by atomic mass is 10.1. The largest absolute Gasteiger partial charge is 0.488 e. The van der Waals surface area contributed by atoms with Crippen LogP contribution in [-0.4, -0.2) is 29.3 Å². The zero-order chi connectivity index (χ0) is 13.1.